The first-order valence-electron chi connectivity index (χ1n) is 10.9. The summed E-state index contributed by atoms with van der Waals surface area (Å²) >= 11 is 0. The molecule has 1 atom stereocenters. The van der Waals surface area contributed by atoms with E-state index in [1.165, 1.54) is 36.3 Å². The molecular weight excluding hydrogens is 437 g/mol. The van der Waals surface area contributed by atoms with Crippen molar-refractivity contribution in [2.24, 2.45) is 0 Å². The summed E-state index contributed by atoms with van der Waals surface area (Å²) < 4.78 is 24.4. The summed E-state index contributed by atoms with van der Waals surface area (Å²) in [7, 11) is 1.53. The van der Waals surface area contributed by atoms with Gasteiger partial charge in [-0.25, -0.2) is 4.39 Å². The highest BCUT2D eigenvalue weighted by atomic mass is 19.1. The fraction of sp³-hybridized carbons (Fsp3) is 0.185. The molecule has 1 N–H and O–H groups in total. The van der Waals surface area contributed by atoms with Crippen LogP contribution in [0.5, 0.6) is 11.5 Å². The molecule has 0 bridgehead atoms. The van der Waals surface area contributed by atoms with E-state index in [1.54, 1.807) is 48.5 Å². The van der Waals surface area contributed by atoms with E-state index in [-0.39, 0.29) is 11.3 Å². The van der Waals surface area contributed by atoms with Gasteiger partial charge in [-0.3, -0.25) is 14.5 Å². The molecule has 3 aromatic carbocycles. The minimum Gasteiger partial charge on any atom is -0.507 e. The van der Waals surface area contributed by atoms with Gasteiger partial charge in [0, 0.05) is 11.3 Å². The van der Waals surface area contributed by atoms with Crippen molar-refractivity contribution >= 4 is 23.1 Å². The summed E-state index contributed by atoms with van der Waals surface area (Å²) in [5.41, 5.74) is 1.22. The predicted molar refractivity (Wildman–Crippen MR) is 126 cm³/mol. The summed E-state index contributed by atoms with van der Waals surface area (Å²) in [6.07, 6.45) is 0.855. The molecule has 0 aromatic heterocycles. The van der Waals surface area contributed by atoms with Crippen molar-refractivity contribution in [2.75, 3.05) is 18.6 Å². The fourth-order valence-corrected chi connectivity index (χ4v) is 3.89. The van der Waals surface area contributed by atoms with Crippen LogP contribution in [0.25, 0.3) is 5.76 Å². The number of amides is 1. The molecular formula is C27H24FNO5. The summed E-state index contributed by atoms with van der Waals surface area (Å²) in [6.45, 7) is 2.56. The maximum absolute atomic E-state index is 13.6. The van der Waals surface area contributed by atoms with Crippen molar-refractivity contribution in [3.8, 4) is 11.5 Å². The van der Waals surface area contributed by atoms with E-state index < -0.39 is 23.5 Å². The first-order chi connectivity index (χ1) is 16.4. The molecule has 0 spiro atoms. The monoisotopic (exact) mass is 461 g/mol. The maximum Gasteiger partial charge on any atom is 0.300 e. The van der Waals surface area contributed by atoms with Crippen LogP contribution in [0.3, 0.4) is 0 Å². The Kier molecular flexibility index (Phi) is 6.63. The molecule has 7 heteroatoms. The largest absolute Gasteiger partial charge is 0.507 e. The second kappa shape index (κ2) is 9.79. The fourth-order valence-electron chi connectivity index (χ4n) is 3.89. The third kappa shape index (κ3) is 4.37. The van der Waals surface area contributed by atoms with Gasteiger partial charge in [0.15, 0.2) is 0 Å². The molecule has 174 valence electrons. The van der Waals surface area contributed by atoms with E-state index in [1.807, 2.05) is 6.92 Å². The first-order valence-corrected chi connectivity index (χ1v) is 10.9. The van der Waals surface area contributed by atoms with E-state index in [0.29, 0.717) is 34.9 Å². The minimum atomic E-state index is -0.940. The normalized spacial score (nSPS) is 17.1. The lowest BCUT2D eigenvalue weighted by Gasteiger charge is -2.25. The zero-order valence-corrected chi connectivity index (χ0v) is 18.8. The number of carbonyl (C=O) groups excluding carboxylic acids is 2. The number of methoxy groups -OCH3 is 1. The van der Waals surface area contributed by atoms with E-state index in [4.69, 9.17) is 9.47 Å². The highest BCUT2D eigenvalue weighted by molar-refractivity contribution is 6.51. The number of aliphatic hydroxyl groups is 1. The molecule has 1 heterocycles. The van der Waals surface area contributed by atoms with Crippen molar-refractivity contribution in [1.82, 2.24) is 0 Å². The molecule has 1 aliphatic heterocycles. The van der Waals surface area contributed by atoms with Gasteiger partial charge in [-0.15, -0.1) is 0 Å². The van der Waals surface area contributed by atoms with Gasteiger partial charge in [0.1, 0.15) is 23.1 Å². The molecule has 6 nitrogen and oxygen atoms in total. The van der Waals surface area contributed by atoms with Crippen LogP contribution in [0, 0.1) is 5.82 Å². The Morgan fingerprint density at radius 3 is 2.15 bits per heavy atom. The number of anilines is 1. The van der Waals surface area contributed by atoms with Crippen molar-refractivity contribution in [2.45, 2.75) is 19.4 Å². The van der Waals surface area contributed by atoms with Crippen molar-refractivity contribution < 1.29 is 28.6 Å². The molecule has 4 rings (SSSR count). The number of ether oxygens (including phenoxy) is 2. The minimum absolute atomic E-state index is 0.0744. The van der Waals surface area contributed by atoms with Gasteiger partial charge >= 0.3 is 0 Å². The summed E-state index contributed by atoms with van der Waals surface area (Å²) in [6, 6.07) is 17.9. The van der Waals surface area contributed by atoms with Gasteiger partial charge in [-0.1, -0.05) is 19.1 Å². The van der Waals surface area contributed by atoms with Crippen LogP contribution in [-0.2, 0) is 9.59 Å². The van der Waals surface area contributed by atoms with Crippen LogP contribution in [0.4, 0.5) is 10.1 Å². The Balaban J connectivity index is 1.83. The Morgan fingerprint density at radius 2 is 1.56 bits per heavy atom. The molecule has 0 radical (unpaired) electrons. The average Bonchev–Trinajstić information content (AvgIpc) is 3.13. The number of Topliss-reactive ketones (excluding diaryl/α,β-unsaturated/α-hetero) is 1. The molecule has 3 aromatic rings. The van der Waals surface area contributed by atoms with Gasteiger partial charge in [-0.2, -0.15) is 0 Å². The van der Waals surface area contributed by atoms with Crippen LogP contribution >= 0.6 is 0 Å². The molecule has 1 unspecified atom stereocenters. The van der Waals surface area contributed by atoms with Gasteiger partial charge < -0.3 is 14.6 Å². The van der Waals surface area contributed by atoms with Crippen LogP contribution in [-0.4, -0.2) is 30.5 Å². The number of carbonyl (C=O) groups is 2. The Bertz CT molecular complexity index is 1220. The zero-order valence-electron chi connectivity index (χ0n) is 18.8. The summed E-state index contributed by atoms with van der Waals surface area (Å²) in [5.74, 6) is -1.16. The maximum atomic E-state index is 13.6. The Morgan fingerprint density at radius 1 is 0.941 bits per heavy atom. The van der Waals surface area contributed by atoms with Crippen LogP contribution in [0.2, 0.25) is 0 Å². The van der Waals surface area contributed by atoms with Crippen molar-refractivity contribution in [3.05, 3.63) is 95.3 Å². The standard InChI is InChI=1S/C27H24FNO5/c1-3-16-34-22-12-6-18(7-13-22)25(30)23-24(17-4-8-19(28)9-5-17)29(27(32)26(23)31)20-10-14-21(33-2)15-11-20/h4-15,24,30H,3,16H2,1-2H3/b25-23+. The summed E-state index contributed by atoms with van der Waals surface area (Å²) in [5, 5.41) is 11.2. The Hall–Kier alpha value is -4.13. The average molecular weight is 461 g/mol. The second-order valence-electron chi connectivity index (χ2n) is 7.79. The number of halogens is 1. The number of hydrogen-bond acceptors (Lipinski definition) is 5. The number of benzene rings is 3. The van der Waals surface area contributed by atoms with Gasteiger partial charge in [0.05, 0.1) is 25.3 Å². The van der Waals surface area contributed by atoms with Gasteiger partial charge in [-0.05, 0) is 72.6 Å². The van der Waals surface area contributed by atoms with Gasteiger partial charge in [0.2, 0.25) is 0 Å². The number of rotatable bonds is 7. The molecule has 0 saturated carbocycles. The Labute approximate surface area is 196 Å². The number of ketones is 1. The third-order valence-electron chi connectivity index (χ3n) is 5.58. The zero-order chi connectivity index (χ0) is 24.2. The highest BCUT2D eigenvalue weighted by Gasteiger charge is 2.47. The lowest BCUT2D eigenvalue weighted by molar-refractivity contribution is -0.132. The smallest absolute Gasteiger partial charge is 0.300 e. The van der Waals surface area contributed by atoms with Gasteiger partial charge in [0.25, 0.3) is 11.7 Å². The molecule has 0 aliphatic carbocycles. The van der Waals surface area contributed by atoms with E-state index in [0.717, 1.165) is 6.42 Å². The molecule has 1 amide bonds. The molecule has 1 fully saturated rings. The quantitative estimate of drug-likeness (QED) is 0.296. The van der Waals surface area contributed by atoms with Crippen LogP contribution in [0.15, 0.2) is 78.4 Å². The lowest BCUT2D eigenvalue weighted by atomic mass is 9.95. The topological polar surface area (TPSA) is 76.1 Å². The lowest BCUT2D eigenvalue weighted by Crippen LogP contribution is -2.29. The number of aliphatic hydroxyl groups excluding tert-OH is 1. The van der Waals surface area contributed by atoms with E-state index in [2.05, 4.69) is 0 Å². The number of hydrogen-bond donors (Lipinski definition) is 1. The van der Waals surface area contributed by atoms with Crippen molar-refractivity contribution in [1.29, 1.82) is 0 Å². The second-order valence-corrected chi connectivity index (χ2v) is 7.79. The first kappa shape index (κ1) is 23.0. The van der Waals surface area contributed by atoms with Crippen LogP contribution in [0.1, 0.15) is 30.5 Å². The molecule has 1 saturated heterocycles. The van der Waals surface area contributed by atoms with Crippen molar-refractivity contribution in [3.63, 3.8) is 0 Å². The van der Waals surface area contributed by atoms with Crippen LogP contribution < -0.4 is 14.4 Å². The molecule has 1 aliphatic rings. The molecule has 34 heavy (non-hydrogen) atoms. The highest BCUT2D eigenvalue weighted by Crippen LogP contribution is 2.42. The number of nitrogens with zero attached hydrogens (tertiary/aromatic N) is 1. The SMILES string of the molecule is CCCOc1ccc(/C(O)=C2\C(=O)C(=O)N(c3ccc(OC)cc3)C2c2ccc(F)cc2)cc1. The summed E-state index contributed by atoms with van der Waals surface area (Å²) in [4.78, 5) is 27.6. The van der Waals surface area contributed by atoms with E-state index >= 15 is 0 Å². The van der Waals surface area contributed by atoms with E-state index in [9.17, 15) is 19.1 Å². The third-order valence-corrected chi connectivity index (χ3v) is 5.58. The predicted octanol–water partition coefficient (Wildman–Crippen LogP) is 5.25.